The number of carbonyl (C=O) groups excluding carboxylic acids is 1. The first kappa shape index (κ1) is 14.5. The van der Waals surface area contributed by atoms with Crippen LogP contribution in [0.3, 0.4) is 0 Å². The first-order chi connectivity index (χ1) is 10.0. The molecule has 2 rings (SSSR count). The molecule has 6 nitrogen and oxygen atoms in total. The molecule has 0 spiro atoms. The van der Waals surface area contributed by atoms with Gasteiger partial charge in [-0.1, -0.05) is 0 Å². The van der Waals surface area contributed by atoms with Crippen molar-refractivity contribution in [1.82, 2.24) is 0 Å². The normalized spacial score (nSPS) is 10.0. The smallest absolute Gasteiger partial charge is 0.257 e. The summed E-state index contributed by atoms with van der Waals surface area (Å²) in [6.45, 7) is 0. The van der Waals surface area contributed by atoms with Crippen molar-refractivity contribution in [3.63, 3.8) is 0 Å². The molecule has 0 aliphatic carbocycles. The van der Waals surface area contributed by atoms with Gasteiger partial charge < -0.3 is 25.6 Å². The maximum Gasteiger partial charge on any atom is 0.257 e. The Balaban J connectivity index is 2.26. The molecule has 110 valence electrons. The fourth-order valence-corrected chi connectivity index (χ4v) is 1.79. The molecule has 0 heterocycles. The lowest BCUT2D eigenvalue weighted by atomic mass is 10.1. The van der Waals surface area contributed by atoms with Crippen LogP contribution in [0.1, 0.15) is 10.4 Å². The lowest BCUT2D eigenvalue weighted by Crippen LogP contribution is -2.14. The topological polar surface area (TPSA) is 93.8 Å². The maximum atomic E-state index is 12.2. The highest BCUT2D eigenvalue weighted by Gasteiger charge is 2.13. The number of benzene rings is 2. The Morgan fingerprint density at radius 1 is 1.10 bits per heavy atom. The standard InChI is InChI=1S/C15H16N2O4/c1-20-9-3-5-12(16)11(7-9)15(19)17-13-6-4-10(21-2)8-14(13)18/h3-8,18H,16H2,1-2H3,(H,17,19). The Hall–Kier alpha value is -2.89. The highest BCUT2D eigenvalue weighted by Crippen LogP contribution is 2.29. The van der Waals surface area contributed by atoms with E-state index in [1.165, 1.54) is 26.4 Å². The van der Waals surface area contributed by atoms with Crippen LogP contribution in [0.15, 0.2) is 36.4 Å². The van der Waals surface area contributed by atoms with E-state index in [-0.39, 0.29) is 17.0 Å². The zero-order valence-electron chi connectivity index (χ0n) is 11.7. The van der Waals surface area contributed by atoms with Gasteiger partial charge in [-0.05, 0) is 30.3 Å². The molecule has 6 heteroatoms. The number of methoxy groups -OCH3 is 2. The number of nitrogen functional groups attached to an aromatic ring is 1. The van der Waals surface area contributed by atoms with Gasteiger partial charge >= 0.3 is 0 Å². The summed E-state index contributed by atoms with van der Waals surface area (Å²) in [6, 6.07) is 9.36. The van der Waals surface area contributed by atoms with Gasteiger partial charge in [-0.3, -0.25) is 4.79 Å². The number of anilines is 2. The number of ether oxygens (including phenoxy) is 2. The number of aromatic hydroxyl groups is 1. The highest BCUT2D eigenvalue weighted by molar-refractivity contribution is 6.08. The average Bonchev–Trinajstić information content (AvgIpc) is 2.49. The molecular weight excluding hydrogens is 272 g/mol. The SMILES string of the molecule is COc1ccc(NC(=O)c2cc(OC)ccc2N)c(O)c1. The number of nitrogens with one attached hydrogen (secondary N) is 1. The van der Waals surface area contributed by atoms with Gasteiger partial charge in [0.25, 0.3) is 5.91 Å². The Morgan fingerprint density at radius 2 is 1.71 bits per heavy atom. The molecule has 21 heavy (non-hydrogen) atoms. The molecule has 0 radical (unpaired) electrons. The van der Waals surface area contributed by atoms with Crippen molar-refractivity contribution < 1.29 is 19.4 Å². The summed E-state index contributed by atoms with van der Waals surface area (Å²) < 4.78 is 10.0. The third-order valence-corrected chi connectivity index (χ3v) is 2.96. The van der Waals surface area contributed by atoms with Crippen LogP contribution in [0.4, 0.5) is 11.4 Å². The molecule has 0 saturated heterocycles. The Kier molecular flexibility index (Phi) is 4.18. The van der Waals surface area contributed by atoms with Crippen LogP contribution in [0.2, 0.25) is 0 Å². The van der Waals surface area contributed by atoms with Crippen molar-refractivity contribution in [2.45, 2.75) is 0 Å². The third-order valence-electron chi connectivity index (χ3n) is 2.96. The average molecular weight is 288 g/mol. The summed E-state index contributed by atoms with van der Waals surface area (Å²) in [6.07, 6.45) is 0. The summed E-state index contributed by atoms with van der Waals surface area (Å²) in [7, 11) is 2.99. The molecule has 0 saturated carbocycles. The van der Waals surface area contributed by atoms with Crippen LogP contribution in [-0.4, -0.2) is 25.2 Å². The summed E-state index contributed by atoms with van der Waals surface area (Å²) in [4.78, 5) is 12.2. The maximum absolute atomic E-state index is 12.2. The minimum Gasteiger partial charge on any atom is -0.506 e. The second kappa shape index (κ2) is 6.04. The van der Waals surface area contributed by atoms with Crippen molar-refractivity contribution in [3.05, 3.63) is 42.0 Å². The highest BCUT2D eigenvalue weighted by atomic mass is 16.5. The number of rotatable bonds is 4. The van der Waals surface area contributed by atoms with Crippen LogP contribution >= 0.6 is 0 Å². The first-order valence-electron chi connectivity index (χ1n) is 6.17. The number of amides is 1. The van der Waals surface area contributed by atoms with E-state index in [4.69, 9.17) is 15.2 Å². The minimum absolute atomic E-state index is 0.0934. The molecule has 2 aromatic carbocycles. The van der Waals surface area contributed by atoms with Crippen LogP contribution in [0.5, 0.6) is 17.2 Å². The summed E-state index contributed by atoms with van der Waals surface area (Å²) in [5.41, 5.74) is 6.64. The van der Waals surface area contributed by atoms with E-state index in [0.29, 0.717) is 17.2 Å². The molecule has 2 aromatic rings. The number of phenolic OH excluding ortho intramolecular Hbond substituents is 1. The number of phenols is 1. The summed E-state index contributed by atoms with van der Waals surface area (Å²) >= 11 is 0. The number of hydrogen-bond acceptors (Lipinski definition) is 5. The minimum atomic E-state index is -0.438. The van der Waals surface area contributed by atoms with Gasteiger partial charge in [-0.2, -0.15) is 0 Å². The zero-order chi connectivity index (χ0) is 15.4. The van der Waals surface area contributed by atoms with E-state index in [2.05, 4.69) is 5.32 Å². The predicted octanol–water partition coefficient (Wildman–Crippen LogP) is 2.24. The molecule has 0 aliphatic rings. The molecule has 0 aliphatic heterocycles. The van der Waals surface area contributed by atoms with Crippen molar-refractivity contribution in [3.8, 4) is 17.2 Å². The molecule has 0 atom stereocenters. The summed E-state index contributed by atoms with van der Waals surface area (Å²) in [5.74, 6) is 0.482. The molecule has 4 N–H and O–H groups in total. The Bertz CT molecular complexity index is 671. The molecule has 0 unspecified atom stereocenters. The summed E-state index contributed by atoms with van der Waals surface area (Å²) in [5, 5.41) is 12.4. The number of hydrogen-bond donors (Lipinski definition) is 3. The van der Waals surface area contributed by atoms with Gasteiger partial charge in [0.15, 0.2) is 0 Å². The zero-order valence-corrected chi connectivity index (χ0v) is 11.7. The van der Waals surface area contributed by atoms with E-state index in [9.17, 15) is 9.90 Å². The van der Waals surface area contributed by atoms with Crippen molar-refractivity contribution in [2.24, 2.45) is 0 Å². The van der Waals surface area contributed by atoms with Gasteiger partial charge in [0, 0.05) is 11.8 Å². The lowest BCUT2D eigenvalue weighted by Gasteiger charge is -2.11. The van der Waals surface area contributed by atoms with Crippen LogP contribution < -0.4 is 20.5 Å². The van der Waals surface area contributed by atoms with Crippen molar-refractivity contribution >= 4 is 17.3 Å². The fraction of sp³-hybridized carbons (Fsp3) is 0.133. The van der Waals surface area contributed by atoms with E-state index >= 15 is 0 Å². The number of nitrogens with two attached hydrogens (primary N) is 1. The molecular formula is C15H16N2O4. The van der Waals surface area contributed by atoms with Gasteiger partial charge in [0.2, 0.25) is 0 Å². The first-order valence-corrected chi connectivity index (χ1v) is 6.17. The Labute approximate surface area is 122 Å². The van der Waals surface area contributed by atoms with E-state index in [1.54, 1.807) is 24.3 Å². The Morgan fingerprint density at radius 3 is 2.33 bits per heavy atom. The fourth-order valence-electron chi connectivity index (χ4n) is 1.79. The van der Waals surface area contributed by atoms with Crippen molar-refractivity contribution in [2.75, 3.05) is 25.3 Å². The van der Waals surface area contributed by atoms with Gasteiger partial charge in [0.1, 0.15) is 17.2 Å². The van der Waals surface area contributed by atoms with Gasteiger partial charge in [-0.25, -0.2) is 0 Å². The van der Waals surface area contributed by atoms with E-state index < -0.39 is 5.91 Å². The monoisotopic (exact) mass is 288 g/mol. The van der Waals surface area contributed by atoms with Gasteiger partial charge in [-0.15, -0.1) is 0 Å². The van der Waals surface area contributed by atoms with E-state index in [0.717, 1.165) is 0 Å². The van der Waals surface area contributed by atoms with Crippen LogP contribution in [0, 0.1) is 0 Å². The third kappa shape index (κ3) is 3.17. The van der Waals surface area contributed by atoms with Crippen LogP contribution in [0.25, 0.3) is 0 Å². The molecule has 1 amide bonds. The van der Waals surface area contributed by atoms with Crippen LogP contribution in [-0.2, 0) is 0 Å². The molecule has 0 aromatic heterocycles. The van der Waals surface area contributed by atoms with Gasteiger partial charge in [0.05, 0.1) is 25.5 Å². The number of carbonyl (C=O) groups is 1. The quantitative estimate of drug-likeness (QED) is 0.592. The second-order valence-electron chi connectivity index (χ2n) is 4.29. The van der Waals surface area contributed by atoms with E-state index in [1.807, 2.05) is 0 Å². The largest absolute Gasteiger partial charge is 0.506 e. The molecule has 0 bridgehead atoms. The predicted molar refractivity (Wildman–Crippen MR) is 80.0 cm³/mol. The van der Waals surface area contributed by atoms with Crippen molar-refractivity contribution in [1.29, 1.82) is 0 Å². The lowest BCUT2D eigenvalue weighted by molar-refractivity contribution is 0.102. The molecule has 0 fully saturated rings. The second-order valence-corrected chi connectivity index (χ2v) is 4.29.